The summed E-state index contributed by atoms with van der Waals surface area (Å²) in [6.45, 7) is 0.291. The lowest BCUT2D eigenvalue weighted by Gasteiger charge is -2.12. The lowest BCUT2D eigenvalue weighted by atomic mass is 10.1. The zero-order valence-corrected chi connectivity index (χ0v) is 13.5. The second-order valence-electron chi connectivity index (χ2n) is 4.93. The number of hydrogen-bond acceptors (Lipinski definition) is 4. The maximum atomic E-state index is 12.3. The molecule has 0 unspecified atom stereocenters. The Kier molecular flexibility index (Phi) is 5.62. The number of nitrogens with two attached hydrogens (primary N) is 1. The fourth-order valence-electron chi connectivity index (χ4n) is 2.16. The Bertz CT molecular complexity index is 746. The molecule has 0 aliphatic heterocycles. The van der Waals surface area contributed by atoms with Crippen molar-refractivity contribution in [2.45, 2.75) is 6.54 Å². The molecule has 2 aromatic rings. The van der Waals surface area contributed by atoms with E-state index in [0.717, 1.165) is 5.56 Å². The molecule has 2 rings (SSSR count). The van der Waals surface area contributed by atoms with Crippen molar-refractivity contribution in [2.75, 3.05) is 19.5 Å². The van der Waals surface area contributed by atoms with Gasteiger partial charge in [-0.05, 0) is 30.3 Å². The van der Waals surface area contributed by atoms with Gasteiger partial charge >= 0.3 is 6.03 Å². The highest BCUT2D eigenvalue weighted by Gasteiger charge is 2.10. The predicted octanol–water partition coefficient (Wildman–Crippen LogP) is 2.12. The van der Waals surface area contributed by atoms with E-state index in [2.05, 4.69) is 10.6 Å². The van der Waals surface area contributed by atoms with Crippen LogP contribution in [0.5, 0.6) is 11.5 Å². The fourth-order valence-corrected chi connectivity index (χ4v) is 2.16. The Morgan fingerprint density at radius 2 is 1.88 bits per heavy atom. The van der Waals surface area contributed by atoms with Crippen molar-refractivity contribution in [1.29, 1.82) is 0 Å². The monoisotopic (exact) mass is 329 g/mol. The molecule has 0 aliphatic carbocycles. The minimum atomic E-state index is -0.685. The fraction of sp³-hybridized carbons (Fsp3) is 0.176. The summed E-state index contributed by atoms with van der Waals surface area (Å²) in [7, 11) is 3.13. The van der Waals surface area contributed by atoms with Crippen LogP contribution in [0, 0.1) is 0 Å². The topological polar surface area (TPSA) is 103 Å². The minimum absolute atomic E-state index is 0.277. The molecular formula is C17H19N3O4. The van der Waals surface area contributed by atoms with Gasteiger partial charge in [0.1, 0.15) is 11.5 Å². The normalized spacial score (nSPS) is 9.92. The second-order valence-corrected chi connectivity index (χ2v) is 4.93. The van der Waals surface area contributed by atoms with E-state index >= 15 is 0 Å². The van der Waals surface area contributed by atoms with Gasteiger partial charge in [-0.1, -0.05) is 6.07 Å². The van der Waals surface area contributed by atoms with Gasteiger partial charge in [0, 0.05) is 29.4 Å². The Morgan fingerprint density at radius 1 is 1.08 bits per heavy atom. The van der Waals surface area contributed by atoms with Crippen LogP contribution in [0.25, 0.3) is 0 Å². The highest BCUT2D eigenvalue weighted by molar-refractivity contribution is 5.96. The first kappa shape index (κ1) is 17.1. The largest absolute Gasteiger partial charge is 0.497 e. The number of anilines is 1. The van der Waals surface area contributed by atoms with Gasteiger partial charge in [-0.15, -0.1) is 0 Å². The molecule has 0 atom stereocenters. The summed E-state index contributed by atoms with van der Waals surface area (Å²) < 4.78 is 10.4. The molecule has 24 heavy (non-hydrogen) atoms. The third-order valence-electron chi connectivity index (χ3n) is 3.33. The van der Waals surface area contributed by atoms with Gasteiger partial charge in [0.05, 0.1) is 14.2 Å². The lowest BCUT2D eigenvalue weighted by molar-refractivity contribution is 0.0950. The van der Waals surface area contributed by atoms with Crippen LogP contribution in [0.2, 0.25) is 0 Å². The number of methoxy groups -OCH3 is 2. The predicted molar refractivity (Wildman–Crippen MR) is 90.4 cm³/mol. The standard InChI is InChI=1S/C17H19N3O4/c1-23-14-7-6-12(15(9-14)24-2)10-19-16(21)11-4-3-5-13(8-11)20-17(18)22/h3-9H,10H2,1-2H3,(H,19,21)(H3,18,20,22). The third-order valence-corrected chi connectivity index (χ3v) is 3.33. The first-order chi connectivity index (χ1) is 11.5. The number of urea groups is 1. The number of carbonyl (C=O) groups is 2. The van der Waals surface area contributed by atoms with Gasteiger partial charge < -0.3 is 25.8 Å². The summed E-state index contributed by atoms with van der Waals surface area (Å²) in [4.78, 5) is 23.1. The summed E-state index contributed by atoms with van der Waals surface area (Å²) in [5, 5.41) is 5.23. The SMILES string of the molecule is COc1ccc(CNC(=O)c2cccc(NC(N)=O)c2)c(OC)c1. The van der Waals surface area contributed by atoms with Crippen LogP contribution in [0.4, 0.5) is 10.5 Å². The van der Waals surface area contributed by atoms with Gasteiger partial charge in [0.25, 0.3) is 5.91 Å². The molecule has 0 spiro atoms. The van der Waals surface area contributed by atoms with Crippen LogP contribution in [0.1, 0.15) is 15.9 Å². The lowest BCUT2D eigenvalue weighted by Crippen LogP contribution is -2.24. The number of benzene rings is 2. The second kappa shape index (κ2) is 7.87. The van der Waals surface area contributed by atoms with Crippen molar-refractivity contribution < 1.29 is 19.1 Å². The highest BCUT2D eigenvalue weighted by Crippen LogP contribution is 2.24. The molecule has 7 nitrogen and oxygen atoms in total. The van der Waals surface area contributed by atoms with E-state index in [9.17, 15) is 9.59 Å². The molecule has 3 amide bonds. The number of hydrogen-bond donors (Lipinski definition) is 3. The maximum absolute atomic E-state index is 12.3. The Balaban J connectivity index is 2.07. The van der Waals surface area contributed by atoms with Crippen molar-refractivity contribution in [1.82, 2.24) is 5.32 Å². The number of carbonyl (C=O) groups excluding carboxylic acids is 2. The molecule has 0 aliphatic rings. The smallest absolute Gasteiger partial charge is 0.316 e. The first-order valence-electron chi connectivity index (χ1n) is 7.19. The van der Waals surface area contributed by atoms with E-state index in [-0.39, 0.29) is 5.91 Å². The van der Waals surface area contributed by atoms with Crippen molar-refractivity contribution in [3.63, 3.8) is 0 Å². The zero-order valence-electron chi connectivity index (χ0n) is 13.5. The van der Waals surface area contributed by atoms with Crippen molar-refractivity contribution in [3.05, 3.63) is 53.6 Å². The molecule has 0 radical (unpaired) electrons. The molecule has 126 valence electrons. The molecule has 0 heterocycles. The molecular weight excluding hydrogens is 310 g/mol. The average molecular weight is 329 g/mol. The Morgan fingerprint density at radius 3 is 2.54 bits per heavy atom. The number of primary amides is 1. The molecule has 0 saturated heterocycles. The number of ether oxygens (including phenoxy) is 2. The van der Waals surface area contributed by atoms with Gasteiger partial charge in [0.2, 0.25) is 0 Å². The van der Waals surface area contributed by atoms with Crippen LogP contribution < -0.4 is 25.8 Å². The summed E-state index contributed by atoms with van der Waals surface area (Å²) >= 11 is 0. The van der Waals surface area contributed by atoms with Gasteiger partial charge in [-0.25, -0.2) is 4.79 Å². The number of nitrogens with one attached hydrogen (secondary N) is 2. The van der Waals surface area contributed by atoms with Gasteiger partial charge in [0.15, 0.2) is 0 Å². The van der Waals surface area contributed by atoms with Gasteiger partial charge in [-0.2, -0.15) is 0 Å². The van der Waals surface area contributed by atoms with Crippen molar-refractivity contribution in [3.8, 4) is 11.5 Å². The summed E-state index contributed by atoms with van der Waals surface area (Å²) in [5.74, 6) is 1.02. The van der Waals surface area contributed by atoms with Crippen LogP contribution in [-0.2, 0) is 6.54 Å². The summed E-state index contributed by atoms with van der Waals surface area (Å²) in [6.07, 6.45) is 0. The molecule has 4 N–H and O–H groups in total. The average Bonchev–Trinajstić information content (AvgIpc) is 2.59. The van der Waals surface area contributed by atoms with E-state index in [1.165, 1.54) is 0 Å². The van der Waals surface area contributed by atoms with E-state index in [1.54, 1.807) is 50.6 Å². The Hall–Kier alpha value is -3.22. The first-order valence-corrected chi connectivity index (χ1v) is 7.19. The van der Waals surface area contributed by atoms with E-state index in [1.807, 2.05) is 6.07 Å². The molecule has 7 heteroatoms. The summed E-state index contributed by atoms with van der Waals surface area (Å²) in [6, 6.07) is 11.2. The van der Waals surface area contributed by atoms with Gasteiger partial charge in [-0.3, -0.25) is 4.79 Å². The van der Waals surface area contributed by atoms with E-state index < -0.39 is 6.03 Å². The number of rotatable bonds is 6. The molecule has 2 aromatic carbocycles. The Labute approximate surface area is 139 Å². The maximum Gasteiger partial charge on any atom is 0.316 e. The van der Waals surface area contributed by atoms with Crippen molar-refractivity contribution >= 4 is 17.6 Å². The molecule has 0 bridgehead atoms. The minimum Gasteiger partial charge on any atom is -0.497 e. The van der Waals surface area contributed by atoms with Crippen LogP contribution >= 0.6 is 0 Å². The van der Waals surface area contributed by atoms with E-state index in [4.69, 9.17) is 15.2 Å². The summed E-state index contributed by atoms with van der Waals surface area (Å²) in [5.41, 5.74) is 6.75. The molecule has 0 fully saturated rings. The number of amides is 3. The zero-order chi connectivity index (χ0) is 17.5. The van der Waals surface area contributed by atoms with Crippen molar-refractivity contribution in [2.24, 2.45) is 5.73 Å². The molecule has 0 saturated carbocycles. The molecule has 0 aromatic heterocycles. The quantitative estimate of drug-likeness (QED) is 0.755. The van der Waals surface area contributed by atoms with Crippen LogP contribution in [0.15, 0.2) is 42.5 Å². The highest BCUT2D eigenvalue weighted by atomic mass is 16.5. The van der Waals surface area contributed by atoms with E-state index in [0.29, 0.717) is 29.3 Å². The third kappa shape index (κ3) is 4.39. The van der Waals surface area contributed by atoms with Crippen LogP contribution in [0.3, 0.4) is 0 Å². The van der Waals surface area contributed by atoms with Crippen LogP contribution in [-0.4, -0.2) is 26.2 Å².